The Morgan fingerprint density at radius 2 is 2.23 bits per heavy atom. The number of aromatic nitrogens is 3. The average molecular weight is 295 g/mol. The molecular weight excluding hydrogens is 274 g/mol. The van der Waals surface area contributed by atoms with Crippen molar-refractivity contribution in [2.45, 2.75) is 26.3 Å². The number of aryl methyl sites for hydroxylation is 2. The predicted molar refractivity (Wildman–Crippen MR) is 86.0 cm³/mol. The molecule has 1 unspecified atom stereocenters. The van der Waals surface area contributed by atoms with Crippen LogP contribution in [-0.4, -0.2) is 19.9 Å². The van der Waals surface area contributed by atoms with Gasteiger partial charge in [0.25, 0.3) is 0 Å². The van der Waals surface area contributed by atoms with Crippen LogP contribution in [0.15, 0.2) is 36.7 Å². The van der Waals surface area contributed by atoms with Gasteiger partial charge in [-0.3, -0.25) is 4.79 Å². The molecule has 0 fully saturated rings. The molecule has 1 aliphatic carbocycles. The van der Waals surface area contributed by atoms with Gasteiger partial charge in [0.2, 0.25) is 0 Å². The Bertz CT molecular complexity index is 954. The summed E-state index contributed by atoms with van der Waals surface area (Å²) in [6, 6.07) is 7.84. The first-order valence-corrected chi connectivity index (χ1v) is 7.54. The molecule has 4 rings (SSSR count). The summed E-state index contributed by atoms with van der Waals surface area (Å²) < 4.78 is 20.7. The van der Waals surface area contributed by atoms with E-state index in [-0.39, 0.29) is 5.78 Å². The van der Waals surface area contributed by atoms with E-state index in [4.69, 9.17) is 2.74 Å². The molecule has 0 saturated heterocycles. The highest BCUT2D eigenvalue weighted by Gasteiger charge is 2.32. The molecule has 3 aromatic rings. The lowest BCUT2D eigenvalue weighted by molar-refractivity contribution is 0.0888. The molecular formula is C18H19N3O. The largest absolute Gasteiger partial charge is 0.347 e. The molecule has 0 amide bonds. The van der Waals surface area contributed by atoms with Crippen molar-refractivity contribution in [3.8, 4) is 0 Å². The fraction of sp³-hybridized carbons (Fsp3) is 0.333. The van der Waals surface area contributed by atoms with Crippen molar-refractivity contribution >= 4 is 16.7 Å². The maximum Gasteiger partial charge on any atom is 0.170 e. The van der Waals surface area contributed by atoms with Crippen LogP contribution in [0.3, 0.4) is 0 Å². The molecule has 0 aliphatic heterocycles. The number of hydrogen-bond acceptors (Lipinski definition) is 2. The molecule has 4 heteroatoms. The highest BCUT2D eigenvalue weighted by molar-refractivity contribution is 6.11. The van der Waals surface area contributed by atoms with Crippen LogP contribution in [0.25, 0.3) is 10.9 Å². The molecule has 2 heterocycles. The van der Waals surface area contributed by atoms with Crippen molar-refractivity contribution in [2.24, 2.45) is 13.0 Å². The Hall–Kier alpha value is -2.36. The molecule has 1 aromatic carbocycles. The summed E-state index contributed by atoms with van der Waals surface area (Å²) in [6.07, 6.45) is 4.38. The van der Waals surface area contributed by atoms with Gasteiger partial charge in [-0.15, -0.1) is 0 Å². The maximum absolute atomic E-state index is 13.2. The summed E-state index contributed by atoms with van der Waals surface area (Å²) >= 11 is 0. The Morgan fingerprint density at radius 1 is 1.41 bits per heavy atom. The highest BCUT2D eigenvalue weighted by Crippen LogP contribution is 2.34. The Morgan fingerprint density at radius 3 is 3.00 bits per heavy atom. The van der Waals surface area contributed by atoms with Crippen molar-refractivity contribution in [3.63, 3.8) is 0 Å². The molecule has 4 nitrogen and oxygen atoms in total. The van der Waals surface area contributed by atoms with Gasteiger partial charge in [0.1, 0.15) is 5.82 Å². The maximum atomic E-state index is 13.2. The summed E-state index contributed by atoms with van der Waals surface area (Å²) in [5.41, 5.74) is 2.72. The van der Waals surface area contributed by atoms with Gasteiger partial charge in [-0.05, 0) is 25.8 Å². The normalized spacial score (nSPS) is 19.9. The topological polar surface area (TPSA) is 39.8 Å². The lowest BCUT2D eigenvalue weighted by Crippen LogP contribution is -2.27. The van der Waals surface area contributed by atoms with E-state index in [1.54, 1.807) is 19.3 Å². The molecule has 0 N–H and O–H groups in total. The van der Waals surface area contributed by atoms with Gasteiger partial charge in [-0.1, -0.05) is 18.2 Å². The number of carbonyl (C=O) groups is 1. The Kier molecular flexibility index (Phi) is 2.47. The van der Waals surface area contributed by atoms with Crippen LogP contribution >= 0.6 is 0 Å². The standard InChI is InChI=1S/C18H19N3O/c1-12-19-9-10-21(12)11-13-7-8-16-17(18(13)22)14-5-3-4-6-15(14)20(16)2/h3-6,9-10,13H,7-8,11H2,1-2H3/i11D2. The second-order valence-electron chi connectivity index (χ2n) is 5.83. The fourth-order valence-corrected chi connectivity index (χ4v) is 3.41. The lowest BCUT2D eigenvalue weighted by Gasteiger charge is -2.23. The number of Topliss-reactive ketones (excluding diaryl/α,β-unsaturated/α-hetero) is 1. The lowest BCUT2D eigenvalue weighted by atomic mass is 9.85. The number of para-hydroxylation sites is 1. The Labute approximate surface area is 132 Å². The number of ketones is 1. The smallest absolute Gasteiger partial charge is 0.170 e. The summed E-state index contributed by atoms with van der Waals surface area (Å²) in [7, 11) is 1.98. The highest BCUT2D eigenvalue weighted by atomic mass is 16.1. The first-order valence-electron chi connectivity index (χ1n) is 8.54. The molecule has 1 aliphatic rings. The molecule has 112 valence electrons. The third-order valence-electron chi connectivity index (χ3n) is 4.58. The predicted octanol–water partition coefficient (Wildman–Crippen LogP) is 3.13. The average Bonchev–Trinajstić information content (AvgIpc) is 3.11. The molecule has 0 spiro atoms. The number of nitrogens with zero attached hydrogens (tertiary/aromatic N) is 3. The van der Waals surface area contributed by atoms with Gasteiger partial charge in [0.05, 0.1) is 2.74 Å². The van der Waals surface area contributed by atoms with Gasteiger partial charge in [-0.2, -0.15) is 0 Å². The molecule has 0 radical (unpaired) electrons. The quantitative estimate of drug-likeness (QED) is 0.728. The van der Waals surface area contributed by atoms with Gasteiger partial charge >= 0.3 is 0 Å². The molecule has 0 saturated carbocycles. The SMILES string of the molecule is [2H]C([2H])(C1CCc2c(c3ccccc3n2C)C1=O)n1ccnc1C. The van der Waals surface area contributed by atoms with Crippen LogP contribution in [0.1, 0.15) is 31.0 Å². The van der Waals surface area contributed by atoms with Crippen LogP contribution < -0.4 is 0 Å². The first kappa shape index (κ1) is 11.2. The first-order chi connectivity index (χ1) is 11.4. The van der Waals surface area contributed by atoms with Crippen LogP contribution in [0.2, 0.25) is 0 Å². The minimum absolute atomic E-state index is 0.105. The van der Waals surface area contributed by atoms with Crippen LogP contribution in [-0.2, 0) is 20.0 Å². The monoisotopic (exact) mass is 295 g/mol. The van der Waals surface area contributed by atoms with Gasteiger partial charge < -0.3 is 9.13 Å². The number of carbonyl (C=O) groups excluding carboxylic acids is 1. The van der Waals surface area contributed by atoms with Crippen LogP contribution in [0, 0.1) is 12.8 Å². The third-order valence-corrected chi connectivity index (χ3v) is 4.58. The minimum atomic E-state index is -1.79. The summed E-state index contributed by atoms with van der Waals surface area (Å²) in [6.45, 7) is -0.0270. The number of rotatable bonds is 2. The zero-order valence-electron chi connectivity index (χ0n) is 14.7. The van der Waals surface area contributed by atoms with Crippen LogP contribution in [0.5, 0.6) is 0 Å². The molecule has 22 heavy (non-hydrogen) atoms. The second-order valence-corrected chi connectivity index (χ2v) is 5.83. The van der Waals surface area contributed by atoms with E-state index in [1.807, 2.05) is 31.3 Å². The molecule has 1 atom stereocenters. The van der Waals surface area contributed by atoms with Crippen molar-refractivity contribution < 1.29 is 7.54 Å². The zero-order chi connectivity index (χ0) is 17.1. The fourth-order valence-electron chi connectivity index (χ4n) is 3.41. The van der Waals surface area contributed by atoms with Gasteiger partial charge in [0.15, 0.2) is 5.78 Å². The minimum Gasteiger partial charge on any atom is -0.347 e. The number of benzene rings is 1. The van der Waals surface area contributed by atoms with Crippen molar-refractivity contribution in [2.75, 3.05) is 0 Å². The van der Waals surface area contributed by atoms with E-state index >= 15 is 0 Å². The van der Waals surface area contributed by atoms with E-state index in [0.717, 1.165) is 16.6 Å². The summed E-state index contributed by atoms with van der Waals surface area (Å²) in [4.78, 5) is 17.3. The van der Waals surface area contributed by atoms with Crippen molar-refractivity contribution in [3.05, 3.63) is 53.7 Å². The molecule has 2 aromatic heterocycles. The second kappa shape index (κ2) is 4.83. The summed E-state index contributed by atoms with van der Waals surface area (Å²) in [5.74, 6) is -0.230. The molecule has 0 bridgehead atoms. The van der Waals surface area contributed by atoms with Crippen LogP contribution in [0.4, 0.5) is 0 Å². The van der Waals surface area contributed by atoms with Gasteiger partial charge in [-0.25, -0.2) is 4.98 Å². The number of fused-ring (bicyclic) bond motifs is 3. The van der Waals surface area contributed by atoms with Gasteiger partial charge in [0, 0.05) is 54.0 Å². The van der Waals surface area contributed by atoms with E-state index in [2.05, 4.69) is 9.55 Å². The van der Waals surface area contributed by atoms with Crippen molar-refractivity contribution in [1.82, 2.24) is 14.1 Å². The van der Waals surface area contributed by atoms with Crippen molar-refractivity contribution in [1.29, 1.82) is 0 Å². The van der Waals surface area contributed by atoms with E-state index in [1.165, 1.54) is 4.57 Å². The summed E-state index contributed by atoms with van der Waals surface area (Å²) in [5, 5.41) is 0.919. The van der Waals surface area contributed by atoms with E-state index in [0.29, 0.717) is 24.2 Å². The van der Waals surface area contributed by atoms with E-state index < -0.39 is 12.4 Å². The zero-order valence-corrected chi connectivity index (χ0v) is 12.7. The Balaban J connectivity index is 1.85. The number of hydrogen-bond donors (Lipinski definition) is 0. The third kappa shape index (κ3) is 1.83. The number of imidazole rings is 1. The van der Waals surface area contributed by atoms with E-state index in [9.17, 15) is 4.79 Å².